The third-order valence-electron chi connectivity index (χ3n) is 2.74. The summed E-state index contributed by atoms with van der Waals surface area (Å²) in [6.45, 7) is 1.63. The number of halogens is 2. The van der Waals surface area contributed by atoms with Gasteiger partial charge in [0.1, 0.15) is 11.8 Å². The van der Waals surface area contributed by atoms with Crippen LogP contribution in [-0.4, -0.2) is 16.7 Å². The zero-order chi connectivity index (χ0) is 13.3. The Morgan fingerprint density at radius 3 is 2.83 bits per heavy atom. The maximum Gasteiger partial charge on any atom is 0.174 e. The van der Waals surface area contributed by atoms with Crippen LogP contribution in [0.4, 0.5) is 0 Å². The number of nitrogens with one attached hydrogen (secondary N) is 1. The van der Waals surface area contributed by atoms with E-state index in [-0.39, 0.29) is 13.2 Å². The molecule has 6 heteroatoms. The van der Waals surface area contributed by atoms with Crippen molar-refractivity contribution >= 4 is 34.1 Å². The number of aromatic nitrogens is 1. The Labute approximate surface area is 114 Å². The van der Waals surface area contributed by atoms with E-state index < -0.39 is 0 Å². The van der Waals surface area contributed by atoms with Crippen LogP contribution in [0, 0.1) is 18.3 Å². The Bertz CT molecular complexity index is 644. The minimum absolute atomic E-state index is 0.0772. The molecule has 0 spiro atoms. The van der Waals surface area contributed by atoms with Crippen LogP contribution in [-0.2, 0) is 6.61 Å². The number of hydrogen-bond donors (Lipinski definition) is 2. The van der Waals surface area contributed by atoms with Crippen molar-refractivity contribution in [3.05, 3.63) is 27.4 Å². The van der Waals surface area contributed by atoms with Crippen molar-refractivity contribution in [1.82, 2.24) is 4.98 Å². The highest BCUT2D eigenvalue weighted by molar-refractivity contribution is 6.45. The molecule has 0 fully saturated rings. The zero-order valence-corrected chi connectivity index (χ0v) is 11.1. The molecule has 2 N–H and O–H groups in total. The number of aryl methyl sites for hydroxylation is 1. The first-order valence-corrected chi connectivity index (χ1v) is 5.95. The van der Waals surface area contributed by atoms with Gasteiger partial charge in [0, 0.05) is 17.1 Å². The van der Waals surface area contributed by atoms with E-state index >= 15 is 0 Å². The lowest BCUT2D eigenvalue weighted by Crippen LogP contribution is -1.94. The molecular formula is C12H10Cl2N2O2. The molecule has 0 aliphatic carbocycles. The number of aliphatic hydroxyl groups is 1. The largest absolute Gasteiger partial charge is 0.478 e. The molecule has 2 rings (SSSR count). The number of nitrogens with zero attached hydrogens (tertiary/aromatic N) is 1. The SMILES string of the molecule is Cc1c(CO)[nH]c2c(Cl)c(Cl)cc(OCC#N)c12. The molecule has 0 amide bonds. The van der Waals surface area contributed by atoms with Gasteiger partial charge in [0.15, 0.2) is 6.61 Å². The van der Waals surface area contributed by atoms with Crippen LogP contribution in [0.5, 0.6) is 5.75 Å². The fourth-order valence-corrected chi connectivity index (χ4v) is 2.26. The van der Waals surface area contributed by atoms with Crippen LogP contribution >= 0.6 is 23.2 Å². The van der Waals surface area contributed by atoms with Gasteiger partial charge < -0.3 is 14.8 Å². The standard InChI is InChI=1S/C12H10Cl2N2O2/c1-6-8(5-17)16-12-10(6)9(18-3-2-15)4-7(13)11(12)14/h4,16-17H,3,5H2,1H3. The van der Waals surface area contributed by atoms with Crippen LogP contribution < -0.4 is 4.74 Å². The van der Waals surface area contributed by atoms with Gasteiger partial charge in [-0.05, 0) is 12.5 Å². The highest BCUT2D eigenvalue weighted by atomic mass is 35.5. The van der Waals surface area contributed by atoms with Gasteiger partial charge in [-0.1, -0.05) is 23.2 Å². The normalized spacial score (nSPS) is 10.6. The minimum Gasteiger partial charge on any atom is -0.478 e. The summed E-state index contributed by atoms with van der Waals surface area (Å²) < 4.78 is 5.34. The van der Waals surface area contributed by atoms with E-state index in [4.69, 9.17) is 33.2 Å². The van der Waals surface area contributed by atoms with E-state index in [0.717, 1.165) is 10.9 Å². The van der Waals surface area contributed by atoms with Gasteiger partial charge in [0.25, 0.3) is 0 Å². The molecule has 0 atom stereocenters. The van der Waals surface area contributed by atoms with Gasteiger partial charge in [-0.15, -0.1) is 0 Å². The fraction of sp³-hybridized carbons (Fsp3) is 0.250. The average Bonchev–Trinajstić information content (AvgIpc) is 2.70. The van der Waals surface area contributed by atoms with E-state index in [0.29, 0.717) is 27.0 Å². The summed E-state index contributed by atoms with van der Waals surface area (Å²) in [6.07, 6.45) is 0. The number of H-pyrrole nitrogens is 1. The fourth-order valence-electron chi connectivity index (χ4n) is 1.87. The van der Waals surface area contributed by atoms with E-state index in [2.05, 4.69) is 4.98 Å². The van der Waals surface area contributed by atoms with E-state index in [9.17, 15) is 5.11 Å². The second-order valence-corrected chi connectivity index (χ2v) is 4.54. The molecule has 1 heterocycles. The van der Waals surface area contributed by atoms with E-state index in [1.807, 2.05) is 13.0 Å². The number of benzene rings is 1. The average molecular weight is 285 g/mol. The first-order chi connectivity index (χ1) is 8.60. The molecule has 1 aromatic heterocycles. The van der Waals surface area contributed by atoms with Crippen molar-refractivity contribution in [3.63, 3.8) is 0 Å². The first kappa shape index (κ1) is 13.0. The lowest BCUT2D eigenvalue weighted by atomic mass is 10.1. The topological polar surface area (TPSA) is 69.0 Å². The quantitative estimate of drug-likeness (QED) is 0.910. The minimum atomic E-state index is -0.133. The second kappa shape index (κ2) is 5.07. The molecule has 0 aliphatic rings. The number of fused-ring (bicyclic) bond motifs is 1. The Morgan fingerprint density at radius 1 is 1.50 bits per heavy atom. The Hall–Kier alpha value is -1.41. The Balaban J connectivity index is 2.74. The molecule has 0 bridgehead atoms. The van der Waals surface area contributed by atoms with Crippen molar-refractivity contribution in [3.8, 4) is 11.8 Å². The molecule has 0 saturated heterocycles. The predicted octanol–water partition coefficient (Wildman–Crippen LogP) is 3.18. The summed E-state index contributed by atoms with van der Waals surface area (Å²) in [6, 6.07) is 3.47. The summed E-state index contributed by atoms with van der Waals surface area (Å²) in [5, 5.41) is 19.3. The molecule has 0 radical (unpaired) electrons. The van der Waals surface area contributed by atoms with Gasteiger partial charge in [-0.25, -0.2) is 0 Å². The van der Waals surface area contributed by atoms with Crippen molar-refractivity contribution < 1.29 is 9.84 Å². The number of ether oxygens (including phenoxy) is 1. The van der Waals surface area contributed by atoms with Gasteiger partial charge in [-0.2, -0.15) is 5.26 Å². The number of rotatable bonds is 3. The van der Waals surface area contributed by atoms with Crippen molar-refractivity contribution in [2.24, 2.45) is 0 Å². The molecule has 2 aromatic rings. The Morgan fingerprint density at radius 2 is 2.22 bits per heavy atom. The highest BCUT2D eigenvalue weighted by Crippen LogP contribution is 2.39. The van der Waals surface area contributed by atoms with Crippen LogP contribution in [0.1, 0.15) is 11.3 Å². The van der Waals surface area contributed by atoms with Crippen LogP contribution in [0.15, 0.2) is 6.07 Å². The summed E-state index contributed by atoms with van der Waals surface area (Å²) in [5.41, 5.74) is 2.09. The molecule has 4 nitrogen and oxygen atoms in total. The van der Waals surface area contributed by atoms with Crippen LogP contribution in [0.2, 0.25) is 10.0 Å². The molecule has 94 valence electrons. The molecule has 1 aromatic carbocycles. The number of aromatic amines is 1. The third-order valence-corrected chi connectivity index (χ3v) is 3.52. The summed E-state index contributed by atoms with van der Waals surface area (Å²) in [5.74, 6) is 0.481. The van der Waals surface area contributed by atoms with Crippen molar-refractivity contribution in [1.29, 1.82) is 5.26 Å². The number of hydrogen-bond acceptors (Lipinski definition) is 3. The second-order valence-electron chi connectivity index (χ2n) is 3.75. The number of nitriles is 1. The van der Waals surface area contributed by atoms with Gasteiger partial charge in [0.05, 0.1) is 22.2 Å². The number of aliphatic hydroxyl groups excluding tert-OH is 1. The first-order valence-electron chi connectivity index (χ1n) is 5.20. The monoisotopic (exact) mass is 284 g/mol. The van der Waals surface area contributed by atoms with Crippen molar-refractivity contribution in [2.45, 2.75) is 13.5 Å². The Kier molecular flexibility index (Phi) is 3.67. The third kappa shape index (κ3) is 2.01. The van der Waals surface area contributed by atoms with E-state index in [1.54, 1.807) is 6.07 Å². The summed E-state index contributed by atoms with van der Waals surface area (Å²) >= 11 is 12.1. The lowest BCUT2D eigenvalue weighted by Gasteiger charge is -2.07. The van der Waals surface area contributed by atoms with Crippen LogP contribution in [0.3, 0.4) is 0 Å². The predicted molar refractivity (Wildman–Crippen MR) is 70.1 cm³/mol. The highest BCUT2D eigenvalue weighted by Gasteiger charge is 2.17. The van der Waals surface area contributed by atoms with Crippen molar-refractivity contribution in [2.75, 3.05) is 6.61 Å². The van der Waals surface area contributed by atoms with Gasteiger partial charge in [-0.3, -0.25) is 0 Å². The zero-order valence-electron chi connectivity index (χ0n) is 9.55. The smallest absolute Gasteiger partial charge is 0.174 e. The van der Waals surface area contributed by atoms with Gasteiger partial charge >= 0.3 is 0 Å². The molecule has 0 saturated carbocycles. The van der Waals surface area contributed by atoms with E-state index in [1.165, 1.54) is 0 Å². The van der Waals surface area contributed by atoms with Crippen LogP contribution in [0.25, 0.3) is 10.9 Å². The molecule has 18 heavy (non-hydrogen) atoms. The molecule has 0 unspecified atom stereocenters. The molecular weight excluding hydrogens is 275 g/mol. The summed E-state index contributed by atoms with van der Waals surface area (Å²) in [7, 11) is 0. The lowest BCUT2D eigenvalue weighted by molar-refractivity contribution is 0.277. The van der Waals surface area contributed by atoms with Gasteiger partial charge in [0.2, 0.25) is 0 Å². The maximum absolute atomic E-state index is 9.25. The summed E-state index contributed by atoms with van der Waals surface area (Å²) in [4.78, 5) is 3.01. The maximum atomic E-state index is 9.25. The molecule has 0 aliphatic heterocycles.